The zero-order valence-corrected chi connectivity index (χ0v) is 13.1. The van der Waals surface area contributed by atoms with E-state index in [1.165, 1.54) is 42.3 Å². The molecule has 25 heavy (non-hydrogen) atoms. The van der Waals surface area contributed by atoms with Gasteiger partial charge in [0, 0.05) is 17.8 Å². The Morgan fingerprint density at radius 3 is 2.88 bits per heavy atom. The molecule has 0 atom stereocenters. The van der Waals surface area contributed by atoms with Crippen molar-refractivity contribution >= 4 is 28.3 Å². The summed E-state index contributed by atoms with van der Waals surface area (Å²) < 4.78 is 19.8. The van der Waals surface area contributed by atoms with Crippen molar-refractivity contribution in [2.45, 2.75) is 6.54 Å². The Labute approximate surface area is 141 Å². The SMILES string of the molecule is COc1ccc(NC(=O)Cn2cnc3cccc([N+](=O)[O-])c32)cc1F. The quantitative estimate of drug-likeness (QED) is 0.567. The Kier molecular flexibility index (Phi) is 4.29. The van der Waals surface area contributed by atoms with E-state index in [0.717, 1.165) is 6.07 Å². The molecule has 0 bridgehead atoms. The van der Waals surface area contributed by atoms with Crippen LogP contribution in [0.3, 0.4) is 0 Å². The minimum Gasteiger partial charge on any atom is -0.494 e. The highest BCUT2D eigenvalue weighted by atomic mass is 19.1. The predicted octanol–water partition coefficient (Wildman–Crippen LogP) is 2.73. The first kappa shape index (κ1) is 16.4. The summed E-state index contributed by atoms with van der Waals surface area (Å²) in [6, 6.07) is 8.51. The van der Waals surface area contributed by atoms with Crippen LogP contribution in [0, 0.1) is 15.9 Å². The molecule has 0 aliphatic rings. The molecule has 128 valence electrons. The van der Waals surface area contributed by atoms with E-state index in [0.29, 0.717) is 5.52 Å². The molecule has 0 saturated carbocycles. The topological polar surface area (TPSA) is 99.3 Å². The van der Waals surface area contributed by atoms with Gasteiger partial charge in [-0.2, -0.15) is 0 Å². The molecule has 3 aromatic rings. The van der Waals surface area contributed by atoms with Crippen molar-refractivity contribution in [2.75, 3.05) is 12.4 Å². The van der Waals surface area contributed by atoms with Crippen LogP contribution in [0.1, 0.15) is 0 Å². The summed E-state index contributed by atoms with van der Waals surface area (Å²) in [5.41, 5.74) is 0.779. The minimum atomic E-state index is -0.607. The van der Waals surface area contributed by atoms with Gasteiger partial charge < -0.3 is 14.6 Å². The number of non-ortho nitro benzene ring substituents is 1. The zero-order valence-electron chi connectivity index (χ0n) is 13.1. The van der Waals surface area contributed by atoms with Crippen molar-refractivity contribution in [3.63, 3.8) is 0 Å². The van der Waals surface area contributed by atoms with Gasteiger partial charge in [-0.15, -0.1) is 0 Å². The number of hydrogen-bond acceptors (Lipinski definition) is 5. The van der Waals surface area contributed by atoms with Gasteiger partial charge in [-0.25, -0.2) is 9.37 Å². The summed E-state index contributed by atoms with van der Waals surface area (Å²) in [6.45, 7) is -0.199. The van der Waals surface area contributed by atoms with Crippen molar-refractivity contribution in [3.05, 3.63) is 58.7 Å². The molecule has 2 aromatic carbocycles. The van der Waals surface area contributed by atoms with Crippen LogP contribution < -0.4 is 10.1 Å². The molecule has 1 aromatic heterocycles. The molecule has 0 saturated heterocycles. The Hall–Kier alpha value is -3.49. The number of anilines is 1. The number of methoxy groups -OCH3 is 1. The molecule has 0 spiro atoms. The van der Waals surface area contributed by atoms with Crippen LogP contribution in [0.5, 0.6) is 5.75 Å². The van der Waals surface area contributed by atoms with Gasteiger partial charge in [-0.05, 0) is 18.2 Å². The maximum atomic E-state index is 13.7. The highest BCUT2D eigenvalue weighted by Crippen LogP contribution is 2.25. The summed E-state index contributed by atoms with van der Waals surface area (Å²) >= 11 is 0. The Balaban J connectivity index is 1.83. The number of fused-ring (bicyclic) bond motifs is 1. The van der Waals surface area contributed by atoms with E-state index in [9.17, 15) is 19.3 Å². The maximum absolute atomic E-state index is 13.7. The molecule has 1 heterocycles. The summed E-state index contributed by atoms with van der Waals surface area (Å²) in [5, 5.41) is 13.7. The fourth-order valence-corrected chi connectivity index (χ4v) is 2.47. The van der Waals surface area contributed by atoms with Crippen LogP contribution in [0.2, 0.25) is 0 Å². The second-order valence-electron chi connectivity index (χ2n) is 5.17. The molecule has 1 N–H and O–H groups in total. The van der Waals surface area contributed by atoms with Gasteiger partial charge in [0.1, 0.15) is 12.1 Å². The average Bonchev–Trinajstić information content (AvgIpc) is 2.98. The molecule has 1 amide bonds. The second-order valence-corrected chi connectivity index (χ2v) is 5.17. The second kappa shape index (κ2) is 6.56. The van der Waals surface area contributed by atoms with E-state index in [2.05, 4.69) is 10.3 Å². The lowest BCUT2D eigenvalue weighted by Gasteiger charge is -2.08. The third-order valence-corrected chi connectivity index (χ3v) is 3.56. The van der Waals surface area contributed by atoms with Gasteiger partial charge in [0.2, 0.25) is 5.91 Å². The number of nitrogens with zero attached hydrogens (tertiary/aromatic N) is 3. The standard InChI is InChI=1S/C16H13FN4O4/c1-25-14-6-5-10(7-11(14)17)19-15(22)8-20-9-18-12-3-2-4-13(16(12)20)21(23)24/h2-7,9H,8H2,1H3,(H,19,22). The van der Waals surface area contributed by atoms with Crippen molar-refractivity contribution in [3.8, 4) is 5.75 Å². The molecule has 9 heteroatoms. The van der Waals surface area contributed by atoms with Crippen LogP contribution in [0.25, 0.3) is 11.0 Å². The number of nitro groups is 1. The number of aromatic nitrogens is 2. The number of benzene rings is 2. The van der Waals surface area contributed by atoms with Gasteiger partial charge in [0.05, 0.1) is 23.9 Å². The van der Waals surface area contributed by atoms with Gasteiger partial charge in [0.15, 0.2) is 11.6 Å². The number of para-hydroxylation sites is 1. The fraction of sp³-hybridized carbons (Fsp3) is 0.125. The molecule has 0 fully saturated rings. The maximum Gasteiger partial charge on any atom is 0.295 e. The first-order valence-electron chi connectivity index (χ1n) is 7.21. The molecule has 0 aliphatic carbocycles. The minimum absolute atomic E-state index is 0.0641. The predicted molar refractivity (Wildman–Crippen MR) is 88.0 cm³/mol. The first-order valence-corrected chi connectivity index (χ1v) is 7.21. The molecule has 0 aliphatic heterocycles. The van der Waals surface area contributed by atoms with Crippen LogP contribution in [-0.4, -0.2) is 27.5 Å². The summed E-state index contributed by atoms with van der Waals surface area (Å²) in [6.07, 6.45) is 1.35. The lowest BCUT2D eigenvalue weighted by Crippen LogP contribution is -2.18. The molecule has 8 nitrogen and oxygen atoms in total. The van der Waals surface area contributed by atoms with Crippen molar-refractivity contribution in [1.29, 1.82) is 0 Å². The Morgan fingerprint density at radius 1 is 1.40 bits per heavy atom. The number of amides is 1. The lowest BCUT2D eigenvalue weighted by atomic mass is 10.2. The van der Waals surface area contributed by atoms with Crippen LogP contribution in [0.15, 0.2) is 42.7 Å². The third kappa shape index (κ3) is 3.25. The van der Waals surface area contributed by atoms with E-state index >= 15 is 0 Å². The van der Waals surface area contributed by atoms with Crippen LogP contribution in [0.4, 0.5) is 15.8 Å². The number of carbonyl (C=O) groups is 1. The fourth-order valence-electron chi connectivity index (χ4n) is 2.47. The Morgan fingerprint density at radius 2 is 2.20 bits per heavy atom. The van der Waals surface area contributed by atoms with Crippen LogP contribution >= 0.6 is 0 Å². The molecular formula is C16H13FN4O4. The number of hydrogen-bond donors (Lipinski definition) is 1. The lowest BCUT2D eigenvalue weighted by molar-refractivity contribution is -0.383. The van der Waals surface area contributed by atoms with Gasteiger partial charge >= 0.3 is 0 Å². The molecular weight excluding hydrogens is 331 g/mol. The van der Waals surface area contributed by atoms with Crippen LogP contribution in [-0.2, 0) is 11.3 Å². The van der Waals surface area contributed by atoms with Crippen molar-refractivity contribution in [2.24, 2.45) is 0 Å². The molecule has 0 radical (unpaired) electrons. The number of halogens is 1. The average molecular weight is 344 g/mol. The highest BCUT2D eigenvalue weighted by molar-refractivity contribution is 5.92. The van der Waals surface area contributed by atoms with E-state index in [4.69, 9.17) is 4.74 Å². The van der Waals surface area contributed by atoms with Gasteiger partial charge in [0.25, 0.3) is 5.69 Å². The van der Waals surface area contributed by atoms with E-state index in [-0.39, 0.29) is 29.2 Å². The summed E-state index contributed by atoms with van der Waals surface area (Å²) in [7, 11) is 1.34. The number of rotatable bonds is 5. The number of carbonyl (C=O) groups excluding carboxylic acids is 1. The largest absolute Gasteiger partial charge is 0.494 e. The molecule has 0 unspecified atom stereocenters. The third-order valence-electron chi connectivity index (χ3n) is 3.56. The number of nitrogens with one attached hydrogen (secondary N) is 1. The van der Waals surface area contributed by atoms with E-state index < -0.39 is 16.6 Å². The highest BCUT2D eigenvalue weighted by Gasteiger charge is 2.18. The van der Waals surface area contributed by atoms with Gasteiger partial charge in [-0.1, -0.05) is 6.07 Å². The molecule has 3 rings (SSSR count). The number of imidazole rings is 1. The number of ether oxygens (including phenoxy) is 1. The van der Waals surface area contributed by atoms with Crippen molar-refractivity contribution in [1.82, 2.24) is 9.55 Å². The summed E-state index contributed by atoms with van der Waals surface area (Å²) in [4.78, 5) is 26.9. The summed E-state index contributed by atoms with van der Waals surface area (Å²) in [5.74, 6) is -1.01. The van der Waals surface area contributed by atoms with E-state index in [1.54, 1.807) is 6.07 Å². The first-order chi connectivity index (χ1) is 12.0. The normalized spacial score (nSPS) is 10.6. The van der Waals surface area contributed by atoms with E-state index in [1.807, 2.05) is 0 Å². The zero-order chi connectivity index (χ0) is 18.0. The Bertz CT molecular complexity index is 970. The van der Waals surface area contributed by atoms with Gasteiger partial charge in [-0.3, -0.25) is 14.9 Å². The monoisotopic (exact) mass is 344 g/mol. The number of nitro benzene ring substituents is 1. The smallest absolute Gasteiger partial charge is 0.295 e. The van der Waals surface area contributed by atoms with Crippen molar-refractivity contribution < 1.29 is 18.8 Å².